The molecular formula is C12H17F2NO3S. The molecule has 0 heterocycles. The van der Waals surface area contributed by atoms with Crippen molar-refractivity contribution >= 4 is 10.0 Å². The molecule has 0 radical (unpaired) electrons. The summed E-state index contributed by atoms with van der Waals surface area (Å²) in [4.78, 5) is -0.760. The first-order valence-corrected chi connectivity index (χ1v) is 7.33. The lowest BCUT2D eigenvalue weighted by molar-refractivity contribution is 0.152. The van der Waals surface area contributed by atoms with E-state index in [1.165, 1.54) is 0 Å². The maximum atomic E-state index is 13.4. The van der Waals surface area contributed by atoms with Gasteiger partial charge in [-0.3, -0.25) is 0 Å². The highest BCUT2D eigenvalue weighted by atomic mass is 32.2. The Bertz CT molecular complexity index is 532. The molecule has 0 amide bonds. The third-order valence-electron chi connectivity index (χ3n) is 2.44. The molecule has 1 aromatic carbocycles. The monoisotopic (exact) mass is 293 g/mol. The molecule has 1 atom stereocenters. The lowest BCUT2D eigenvalue weighted by atomic mass is 10.1. The highest BCUT2D eigenvalue weighted by molar-refractivity contribution is 7.89. The highest BCUT2D eigenvalue weighted by Gasteiger charge is 2.21. The first kappa shape index (κ1) is 16.0. The van der Waals surface area contributed by atoms with E-state index in [0.29, 0.717) is 12.5 Å². The van der Waals surface area contributed by atoms with E-state index < -0.39 is 32.7 Å². The second-order valence-corrected chi connectivity index (χ2v) is 6.45. The molecule has 0 aromatic heterocycles. The van der Waals surface area contributed by atoms with Gasteiger partial charge in [-0.1, -0.05) is 13.8 Å². The van der Waals surface area contributed by atoms with Crippen molar-refractivity contribution < 1.29 is 22.3 Å². The van der Waals surface area contributed by atoms with Crippen LogP contribution in [0.3, 0.4) is 0 Å². The minimum absolute atomic E-state index is 0.199. The van der Waals surface area contributed by atoms with Gasteiger partial charge < -0.3 is 5.11 Å². The van der Waals surface area contributed by atoms with Gasteiger partial charge >= 0.3 is 0 Å². The fourth-order valence-electron chi connectivity index (χ4n) is 1.59. The van der Waals surface area contributed by atoms with E-state index in [1.807, 2.05) is 13.8 Å². The molecule has 1 unspecified atom stereocenters. The average molecular weight is 293 g/mol. The van der Waals surface area contributed by atoms with Gasteiger partial charge in [-0.25, -0.2) is 21.9 Å². The van der Waals surface area contributed by atoms with Crippen molar-refractivity contribution in [3.63, 3.8) is 0 Å². The van der Waals surface area contributed by atoms with Crippen molar-refractivity contribution in [1.29, 1.82) is 0 Å². The zero-order valence-corrected chi connectivity index (χ0v) is 11.5. The second kappa shape index (κ2) is 6.40. The highest BCUT2D eigenvalue weighted by Crippen LogP contribution is 2.15. The van der Waals surface area contributed by atoms with Crippen LogP contribution in [0.1, 0.15) is 20.3 Å². The maximum Gasteiger partial charge on any atom is 0.243 e. The van der Waals surface area contributed by atoms with Gasteiger partial charge in [0.2, 0.25) is 10.0 Å². The summed E-state index contributed by atoms with van der Waals surface area (Å²) in [6, 6.07) is 2.18. The predicted molar refractivity (Wildman–Crippen MR) is 67.0 cm³/mol. The maximum absolute atomic E-state index is 13.4. The molecule has 0 saturated heterocycles. The van der Waals surface area contributed by atoms with Gasteiger partial charge in [0.1, 0.15) is 16.5 Å². The van der Waals surface area contributed by atoms with Crippen LogP contribution in [0.2, 0.25) is 0 Å². The van der Waals surface area contributed by atoms with Crippen LogP contribution >= 0.6 is 0 Å². The molecule has 0 aliphatic carbocycles. The van der Waals surface area contributed by atoms with E-state index in [0.717, 1.165) is 12.1 Å². The lowest BCUT2D eigenvalue weighted by Crippen LogP contribution is -2.33. The Morgan fingerprint density at radius 1 is 1.32 bits per heavy atom. The molecule has 0 spiro atoms. The Balaban J connectivity index is 2.79. The smallest absolute Gasteiger partial charge is 0.243 e. The van der Waals surface area contributed by atoms with Crippen molar-refractivity contribution in [3.05, 3.63) is 29.8 Å². The molecule has 0 aliphatic rings. The third-order valence-corrected chi connectivity index (χ3v) is 3.87. The summed E-state index contributed by atoms with van der Waals surface area (Å²) in [7, 11) is -4.17. The quantitative estimate of drug-likeness (QED) is 0.838. The van der Waals surface area contributed by atoms with Gasteiger partial charge in [-0.2, -0.15) is 0 Å². The largest absolute Gasteiger partial charge is 0.392 e. The minimum Gasteiger partial charge on any atom is -0.392 e. The summed E-state index contributed by atoms with van der Waals surface area (Å²) in [5.74, 6) is -1.68. The summed E-state index contributed by atoms with van der Waals surface area (Å²) in [6.45, 7) is 3.52. The zero-order valence-electron chi connectivity index (χ0n) is 10.7. The van der Waals surface area contributed by atoms with Crippen LogP contribution in [0.25, 0.3) is 0 Å². The summed E-state index contributed by atoms with van der Waals surface area (Å²) < 4.78 is 51.9. The molecule has 1 rings (SSSR count). The van der Waals surface area contributed by atoms with E-state index in [4.69, 9.17) is 0 Å². The number of hydrogen-bond acceptors (Lipinski definition) is 3. The molecule has 0 saturated carbocycles. The standard InChI is InChI=1S/C12H17F2NO3S/c1-8(2)5-10(16)7-15-19(17,18)12-6-9(13)3-4-11(12)14/h3-4,6,8,10,15-16H,5,7H2,1-2H3. The first-order valence-electron chi connectivity index (χ1n) is 5.85. The van der Waals surface area contributed by atoms with E-state index >= 15 is 0 Å². The van der Waals surface area contributed by atoms with Crippen LogP contribution in [0.15, 0.2) is 23.1 Å². The number of sulfonamides is 1. The van der Waals surface area contributed by atoms with Crippen LogP contribution in [-0.2, 0) is 10.0 Å². The Labute approximate surface area is 111 Å². The van der Waals surface area contributed by atoms with Gasteiger partial charge in [-0.15, -0.1) is 0 Å². The number of halogens is 2. The summed E-state index contributed by atoms with van der Waals surface area (Å²) in [5, 5.41) is 9.56. The predicted octanol–water partition coefficient (Wildman–Crippen LogP) is 1.65. The molecule has 108 valence electrons. The molecule has 0 aliphatic heterocycles. The number of hydrogen-bond donors (Lipinski definition) is 2. The van der Waals surface area contributed by atoms with Crippen LogP contribution in [0.5, 0.6) is 0 Å². The van der Waals surface area contributed by atoms with Gasteiger partial charge in [-0.05, 0) is 30.5 Å². The average Bonchev–Trinajstić information content (AvgIpc) is 2.29. The Hall–Kier alpha value is -1.05. The number of aliphatic hydroxyl groups excluding tert-OH is 1. The van der Waals surface area contributed by atoms with Crippen LogP contribution in [0.4, 0.5) is 8.78 Å². The summed E-state index contributed by atoms with van der Waals surface area (Å²) in [6.07, 6.45) is -0.458. The molecule has 4 nitrogen and oxygen atoms in total. The van der Waals surface area contributed by atoms with E-state index in [1.54, 1.807) is 0 Å². The van der Waals surface area contributed by atoms with Crippen molar-refractivity contribution in [2.24, 2.45) is 5.92 Å². The number of aliphatic hydroxyl groups is 1. The number of nitrogens with one attached hydrogen (secondary N) is 1. The molecule has 2 N–H and O–H groups in total. The van der Waals surface area contributed by atoms with E-state index in [2.05, 4.69) is 4.72 Å². The molecule has 7 heteroatoms. The molecule has 0 fully saturated rings. The summed E-state index contributed by atoms with van der Waals surface area (Å²) >= 11 is 0. The van der Waals surface area contributed by atoms with E-state index in [-0.39, 0.29) is 12.5 Å². The van der Waals surface area contributed by atoms with Crippen molar-refractivity contribution in [1.82, 2.24) is 4.72 Å². The van der Waals surface area contributed by atoms with Gasteiger partial charge in [0.25, 0.3) is 0 Å². The first-order chi connectivity index (χ1) is 8.72. The second-order valence-electron chi connectivity index (χ2n) is 4.71. The Morgan fingerprint density at radius 2 is 1.95 bits per heavy atom. The number of rotatable bonds is 6. The third kappa shape index (κ3) is 4.85. The Morgan fingerprint density at radius 3 is 2.53 bits per heavy atom. The van der Waals surface area contributed by atoms with Gasteiger partial charge in [0.15, 0.2) is 0 Å². The minimum atomic E-state index is -4.17. The zero-order chi connectivity index (χ0) is 14.6. The molecular weight excluding hydrogens is 276 g/mol. The molecule has 19 heavy (non-hydrogen) atoms. The van der Waals surface area contributed by atoms with Crippen LogP contribution in [-0.4, -0.2) is 26.2 Å². The fraction of sp³-hybridized carbons (Fsp3) is 0.500. The topological polar surface area (TPSA) is 66.4 Å². The van der Waals surface area contributed by atoms with Gasteiger partial charge in [0, 0.05) is 6.54 Å². The molecule has 0 bridgehead atoms. The van der Waals surface area contributed by atoms with Crippen molar-refractivity contribution in [2.75, 3.05) is 6.54 Å². The lowest BCUT2D eigenvalue weighted by Gasteiger charge is -2.14. The Kier molecular flexibility index (Phi) is 5.39. The van der Waals surface area contributed by atoms with Gasteiger partial charge in [0.05, 0.1) is 6.10 Å². The normalized spacial score (nSPS) is 13.8. The fourth-order valence-corrected chi connectivity index (χ4v) is 2.75. The van der Waals surface area contributed by atoms with Crippen LogP contribution < -0.4 is 4.72 Å². The SMILES string of the molecule is CC(C)CC(O)CNS(=O)(=O)c1cc(F)ccc1F. The van der Waals surface area contributed by atoms with Crippen molar-refractivity contribution in [3.8, 4) is 0 Å². The molecule has 1 aromatic rings. The van der Waals surface area contributed by atoms with E-state index in [9.17, 15) is 22.3 Å². The van der Waals surface area contributed by atoms with Crippen molar-refractivity contribution in [2.45, 2.75) is 31.3 Å². The summed E-state index contributed by atoms with van der Waals surface area (Å²) in [5.41, 5.74) is 0. The van der Waals surface area contributed by atoms with Crippen LogP contribution in [0, 0.1) is 17.6 Å². The number of benzene rings is 1.